The Bertz CT molecular complexity index is 1340. The van der Waals surface area contributed by atoms with E-state index in [0.717, 1.165) is 28.7 Å². The van der Waals surface area contributed by atoms with E-state index < -0.39 is 0 Å². The molecule has 40 heavy (non-hydrogen) atoms. The normalized spacial score (nSPS) is 8.90. The average molecular weight is 768 g/mol. The minimum Gasteiger partial charge on any atom is -0.236 e. The van der Waals surface area contributed by atoms with Gasteiger partial charge in [0, 0.05) is 127 Å². The fourth-order valence-corrected chi connectivity index (χ4v) is 2.48. The van der Waals surface area contributed by atoms with Crippen molar-refractivity contribution in [3.8, 4) is 11.6 Å². The summed E-state index contributed by atoms with van der Waals surface area (Å²) in [4.78, 5) is 11.7. The van der Waals surface area contributed by atoms with Gasteiger partial charge in [0.15, 0.2) is 11.6 Å². The van der Waals surface area contributed by atoms with Crippen LogP contribution in [0.15, 0.2) is 98.0 Å². The third kappa shape index (κ3) is 14.7. The fraction of sp³-hybridized carbons (Fsp3) is 0.125. The van der Waals surface area contributed by atoms with Crippen LogP contribution in [-0.2, 0) is 98.1 Å². The Balaban J connectivity index is 0.000000514. The van der Waals surface area contributed by atoms with Crippen LogP contribution in [0.3, 0.4) is 0 Å². The summed E-state index contributed by atoms with van der Waals surface area (Å²) in [6.45, 7) is 5.67. The Morgan fingerprint density at radius 2 is 1.15 bits per heavy atom. The molecule has 0 spiro atoms. The molecule has 3 radical (unpaired) electrons. The third-order valence-electron chi connectivity index (χ3n) is 4.14. The van der Waals surface area contributed by atoms with Crippen molar-refractivity contribution in [3.05, 3.63) is 115 Å². The van der Waals surface area contributed by atoms with Crippen molar-refractivity contribution in [2.75, 3.05) is 0 Å². The van der Waals surface area contributed by atoms with Gasteiger partial charge in [-0.1, -0.05) is 18.2 Å². The van der Waals surface area contributed by atoms with E-state index in [2.05, 4.69) is 45.8 Å². The van der Waals surface area contributed by atoms with Crippen LogP contribution >= 0.6 is 0 Å². The zero-order valence-corrected chi connectivity index (χ0v) is 30.8. The Hall–Kier alpha value is -1.89. The van der Waals surface area contributed by atoms with Gasteiger partial charge in [-0.3, -0.25) is 0 Å². The fourth-order valence-electron chi connectivity index (χ4n) is 2.48. The van der Waals surface area contributed by atoms with Crippen molar-refractivity contribution >= 4 is 0 Å². The van der Waals surface area contributed by atoms with Crippen molar-refractivity contribution in [1.29, 1.82) is 0 Å². The summed E-state index contributed by atoms with van der Waals surface area (Å²) >= 11 is 0. The predicted molar refractivity (Wildman–Crippen MR) is 132 cm³/mol. The Kier molecular flexibility index (Phi) is 20.8. The number of hydrogen-bond donors (Lipinski definition) is 1. The van der Waals surface area contributed by atoms with Gasteiger partial charge in [-0.05, 0) is 45.0 Å². The van der Waals surface area contributed by atoms with E-state index in [0.29, 0.717) is 4.79 Å². The van der Waals surface area contributed by atoms with Gasteiger partial charge in [0.25, 0.3) is 0 Å². The molecule has 6 aromatic heterocycles. The van der Waals surface area contributed by atoms with Gasteiger partial charge in [0.05, 0.1) is 40.2 Å². The van der Waals surface area contributed by atoms with E-state index in [9.17, 15) is 4.48 Å². The van der Waals surface area contributed by atoms with Crippen LogP contribution in [-0.4, -0.2) is 55.4 Å². The number of nitrogens with one attached hydrogen (secondary N) is 1. The molecule has 0 amide bonds. The van der Waals surface area contributed by atoms with E-state index in [1.807, 2.05) is 57.2 Å². The molecule has 197 valence electrons. The van der Waals surface area contributed by atoms with Gasteiger partial charge < -0.3 is 0 Å². The maximum Gasteiger partial charge on any atom is 0.218 e. The Morgan fingerprint density at radius 3 is 1.40 bits per heavy atom. The van der Waals surface area contributed by atoms with E-state index in [-0.39, 0.29) is 98.1 Å². The number of hydrogen-bond acceptors (Lipinski definition) is 8. The number of aromatic nitrogens is 12. The first-order valence-electron chi connectivity index (χ1n) is 11.1. The molecule has 0 fully saturated rings. The first-order valence-corrected chi connectivity index (χ1v) is 11.1. The molecule has 6 rings (SSSR count). The Morgan fingerprint density at radius 1 is 0.650 bits per heavy atom. The second-order valence-electron chi connectivity index (χ2n) is 7.26. The molecule has 6 heterocycles. The number of halogens is 1. The van der Waals surface area contributed by atoms with Gasteiger partial charge in [-0.25, -0.2) is 9.97 Å². The van der Waals surface area contributed by atoms with Crippen LogP contribution in [0.5, 0.6) is 0 Å². The van der Waals surface area contributed by atoms with Gasteiger partial charge in [0.2, 0.25) is 12.4 Å². The first kappa shape index (κ1) is 38.1. The summed E-state index contributed by atoms with van der Waals surface area (Å²) < 4.78 is 11.8. The van der Waals surface area contributed by atoms with Crippen LogP contribution in [0.1, 0.15) is 17.1 Å². The van der Waals surface area contributed by atoms with Crippen molar-refractivity contribution in [2.24, 2.45) is 0 Å². The average Bonchev–Trinajstić information content (AvgIpc) is 3.70. The van der Waals surface area contributed by atoms with Crippen LogP contribution in [0, 0.1) is 20.8 Å². The van der Waals surface area contributed by atoms with Gasteiger partial charge >= 0.3 is 0 Å². The molecule has 0 aliphatic rings. The summed E-state index contributed by atoms with van der Waals surface area (Å²) in [5, 5.41) is 26.0. The molecule has 0 aliphatic carbocycles. The molecule has 0 bridgehead atoms. The van der Waals surface area contributed by atoms with Gasteiger partial charge in [-0.15, -0.1) is 9.59 Å². The second kappa shape index (κ2) is 21.8. The molecule has 0 aromatic carbocycles. The minimum absolute atomic E-state index is 0. The van der Waals surface area contributed by atoms with Crippen molar-refractivity contribution in [3.63, 3.8) is 0 Å². The maximum absolute atomic E-state index is 11.8. The predicted octanol–water partition coefficient (Wildman–Crippen LogP) is 2.75. The molecule has 0 unspecified atom stereocenters. The summed E-state index contributed by atoms with van der Waals surface area (Å²) in [5.41, 5.74) is 2.70. The topological polar surface area (TPSA) is 133 Å². The summed E-state index contributed by atoms with van der Waals surface area (Å²) in [6.07, 6.45) is 11.2. The zero-order valence-electron chi connectivity index (χ0n) is 22.3. The Labute approximate surface area is 306 Å². The smallest absolute Gasteiger partial charge is 0.218 e. The van der Waals surface area contributed by atoms with Crippen molar-refractivity contribution in [1.82, 2.24) is 55.4 Å². The minimum atomic E-state index is 0. The molecule has 6 aromatic rings. The largest absolute Gasteiger partial charge is 0.236 e. The number of H-pyrrole nitrogens is 1. The summed E-state index contributed by atoms with van der Waals surface area (Å²) in [6, 6.07) is 16.3. The number of aromatic amines is 1. The van der Waals surface area contributed by atoms with Crippen molar-refractivity contribution in [2.45, 2.75) is 20.8 Å². The molecule has 0 saturated heterocycles. The van der Waals surface area contributed by atoms with E-state index in [1.54, 1.807) is 49.2 Å². The third-order valence-corrected chi connectivity index (χ3v) is 4.14. The molecule has 1 N–H and O–H groups in total. The second-order valence-corrected chi connectivity index (χ2v) is 7.26. The number of rotatable bonds is 2. The summed E-state index contributed by atoms with van der Waals surface area (Å²) in [5.74, 6) is 1.48. The summed E-state index contributed by atoms with van der Waals surface area (Å²) in [7, 11) is 0. The molecule has 16 heteroatoms. The molecule has 12 nitrogen and oxygen atoms in total. The molecule has 0 saturated carbocycles. The zero-order chi connectivity index (χ0) is 26.3. The van der Waals surface area contributed by atoms with E-state index in [1.165, 1.54) is 22.0 Å². The van der Waals surface area contributed by atoms with E-state index >= 15 is 0 Å². The monoisotopic (exact) mass is 768 g/mol. The number of pyridine rings is 3. The van der Waals surface area contributed by atoms with Crippen LogP contribution in [0.4, 0.5) is 4.48 Å². The molecular formula is C24H26FN12Y3+. The van der Waals surface area contributed by atoms with Crippen LogP contribution in [0.2, 0.25) is 0 Å². The SMILES string of the molecule is Cc1cn[nH]n1.Cc1cnn(-c2ccccn2)n1.Cc1cnn(-c2ccccn2)n1.F[n+]1ccccc1.[Y].[Y].[Y]. The van der Waals surface area contributed by atoms with E-state index in [4.69, 9.17) is 0 Å². The quantitative estimate of drug-likeness (QED) is 0.285. The van der Waals surface area contributed by atoms with Gasteiger partial charge in [-0.2, -0.15) is 35.8 Å². The number of nitrogens with zero attached hydrogens (tertiary/aromatic N) is 11. The first-order chi connectivity index (χ1) is 18.0. The van der Waals surface area contributed by atoms with Crippen LogP contribution in [0.25, 0.3) is 11.6 Å². The molecule has 0 aliphatic heterocycles. The van der Waals surface area contributed by atoms with Gasteiger partial charge in [0.1, 0.15) is 0 Å². The molecular weight excluding hydrogens is 742 g/mol. The van der Waals surface area contributed by atoms with Crippen LogP contribution < -0.4 is 4.79 Å². The maximum atomic E-state index is 11.8. The number of aryl methyl sites for hydroxylation is 3. The van der Waals surface area contributed by atoms with Crippen molar-refractivity contribution < 1.29 is 107 Å². The molecule has 0 atom stereocenters. The standard InChI is InChI=1S/2C8H8N4.C5H5FN.C3H5N3.3Y/c2*1-7-6-10-12(11-7)8-4-2-3-5-9-8;6-7-4-2-1-3-5-7;1-3-2-4-6-5-3;;;/h2*2-6H,1H3;1-5H;2H,1H3,(H,4,5,6);;;/q;;+1;;;;.